The van der Waals surface area contributed by atoms with Crippen molar-refractivity contribution in [2.24, 2.45) is 5.92 Å². The van der Waals surface area contributed by atoms with Crippen molar-refractivity contribution < 1.29 is 9.90 Å². The first-order valence-electron chi connectivity index (χ1n) is 6.64. The summed E-state index contributed by atoms with van der Waals surface area (Å²) in [6.07, 6.45) is 0.624. The molecule has 19 heavy (non-hydrogen) atoms. The van der Waals surface area contributed by atoms with Gasteiger partial charge in [0.1, 0.15) is 5.82 Å². The van der Waals surface area contributed by atoms with E-state index in [1.54, 1.807) is 6.92 Å². The van der Waals surface area contributed by atoms with Gasteiger partial charge in [0.15, 0.2) is 0 Å². The predicted octanol–water partition coefficient (Wildman–Crippen LogP) is 1.45. The zero-order valence-corrected chi connectivity index (χ0v) is 12.3. The second kappa shape index (κ2) is 6.14. The van der Waals surface area contributed by atoms with Gasteiger partial charge in [0, 0.05) is 12.5 Å². The van der Waals surface area contributed by atoms with Crippen molar-refractivity contribution in [1.82, 2.24) is 20.5 Å². The number of aliphatic hydroxyl groups is 1. The van der Waals surface area contributed by atoms with Crippen LogP contribution < -0.4 is 5.32 Å². The fraction of sp³-hybridized carbons (Fsp3) is 0.769. The summed E-state index contributed by atoms with van der Waals surface area (Å²) in [7, 11) is 0. The van der Waals surface area contributed by atoms with Crippen molar-refractivity contribution >= 4 is 5.91 Å². The van der Waals surface area contributed by atoms with Gasteiger partial charge < -0.3 is 10.4 Å². The van der Waals surface area contributed by atoms with Crippen molar-refractivity contribution in [3.63, 3.8) is 0 Å². The van der Waals surface area contributed by atoms with Crippen LogP contribution in [-0.4, -0.2) is 38.3 Å². The number of H-pyrrole nitrogens is 1. The summed E-state index contributed by atoms with van der Waals surface area (Å²) >= 11 is 0. The van der Waals surface area contributed by atoms with Crippen molar-refractivity contribution in [1.29, 1.82) is 0 Å². The molecule has 0 aliphatic rings. The molecule has 0 saturated carbocycles. The number of rotatable bonds is 6. The Morgan fingerprint density at radius 3 is 2.53 bits per heavy atom. The smallest absolute Gasteiger partial charge is 0.291 e. The Kier molecular flexibility index (Phi) is 5.05. The molecule has 1 amide bonds. The number of aromatic nitrogens is 3. The molecule has 0 saturated heterocycles. The lowest BCUT2D eigenvalue weighted by molar-refractivity contribution is 0.0366. The quantitative estimate of drug-likeness (QED) is 0.728. The van der Waals surface area contributed by atoms with Crippen molar-refractivity contribution in [2.75, 3.05) is 6.54 Å². The highest BCUT2D eigenvalue weighted by molar-refractivity contribution is 5.90. The van der Waals surface area contributed by atoms with Gasteiger partial charge in [-0.1, -0.05) is 27.7 Å². The number of hydrogen-bond donors (Lipinski definition) is 3. The molecular weight excluding hydrogens is 244 g/mol. The molecule has 0 radical (unpaired) electrons. The lowest BCUT2D eigenvalue weighted by Crippen LogP contribution is -2.41. The standard InChI is InChI=1S/C13H24N4O2/c1-8(2)6-13(5,19)7-14-12(18)11-15-10(9(3)4)16-17-11/h8-9,19H,6-7H2,1-5H3,(H,14,18)(H,15,16,17). The minimum absolute atomic E-state index is 0.115. The van der Waals surface area contributed by atoms with E-state index in [9.17, 15) is 9.90 Å². The molecule has 108 valence electrons. The molecule has 1 aromatic rings. The lowest BCUT2D eigenvalue weighted by Gasteiger charge is -2.25. The molecule has 1 rings (SSSR count). The lowest BCUT2D eigenvalue weighted by atomic mass is 9.94. The second-order valence-corrected chi connectivity index (χ2v) is 5.98. The predicted molar refractivity (Wildman–Crippen MR) is 72.9 cm³/mol. The van der Waals surface area contributed by atoms with E-state index >= 15 is 0 Å². The number of nitrogens with one attached hydrogen (secondary N) is 2. The average molecular weight is 268 g/mol. The molecule has 6 nitrogen and oxygen atoms in total. The van der Waals surface area contributed by atoms with Gasteiger partial charge >= 0.3 is 0 Å². The van der Waals surface area contributed by atoms with Gasteiger partial charge in [-0.25, -0.2) is 4.98 Å². The van der Waals surface area contributed by atoms with Crippen LogP contribution in [0.15, 0.2) is 0 Å². The van der Waals surface area contributed by atoms with Gasteiger partial charge in [0.25, 0.3) is 5.91 Å². The molecule has 1 unspecified atom stereocenters. The number of carbonyl (C=O) groups is 1. The molecule has 0 aromatic carbocycles. The van der Waals surface area contributed by atoms with Crippen molar-refractivity contribution in [3.05, 3.63) is 11.6 Å². The summed E-state index contributed by atoms with van der Waals surface area (Å²) in [6, 6.07) is 0. The molecule has 1 atom stereocenters. The number of hydrogen-bond acceptors (Lipinski definition) is 4. The number of carbonyl (C=O) groups excluding carboxylic acids is 1. The highest BCUT2D eigenvalue weighted by atomic mass is 16.3. The first-order valence-corrected chi connectivity index (χ1v) is 6.64. The summed E-state index contributed by atoms with van der Waals surface area (Å²) in [6.45, 7) is 9.90. The topological polar surface area (TPSA) is 90.9 Å². The van der Waals surface area contributed by atoms with Gasteiger partial charge in [0.05, 0.1) is 5.60 Å². The molecule has 0 spiro atoms. The third kappa shape index (κ3) is 4.98. The normalized spacial score (nSPS) is 14.7. The van der Waals surface area contributed by atoms with Crippen LogP contribution in [-0.2, 0) is 0 Å². The van der Waals surface area contributed by atoms with E-state index in [1.165, 1.54) is 0 Å². The van der Waals surface area contributed by atoms with Crippen LogP contribution in [0.2, 0.25) is 0 Å². The monoisotopic (exact) mass is 268 g/mol. The van der Waals surface area contributed by atoms with Crippen LogP contribution in [0.4, 0.5) is 0 Å². The van der Waals surface area contributed by atoms with E-state index in [0.717, 1.165) is 0 Å². The molecular formula is C13H24N4O2. The highest BCUT2D eigenvalue weighted by Crippen LogP contribution is 2.15. The molecule has 0 fully saturated rings. The molecule has 0 aliphatic carbocycles. The van der Waals surface area contributed by atoms with E-state index in [-0.39, 0.29) is 24.2 Å². The molecule has 0 aliphatic heterocycles. The maximum atomic E-state index is 11.8. The maximum absolute atomic E-state index is 11.8. The zero-order chi connectivity index (χ0) is 14.6. The van der Waals surface area contributed by atoms with Crippen LogP contribution >= 0.6 is 0 Å². The molecule has 1 heterocycles. The van der Waals surface area contributed by atoms with Crippen LogP contribution in [0.3, 0.4) is 0 Å². The van der Waals surface area contributed by atoms with E-state index in [2.05, 4.69) is 20.5 Å². The minimum Gasteiger partial charge on any atom is -0.388 e. The fourth-order valence-electron chi connectivity index (χ4n) is 1.94. The third-order valence-corrected chi connectivity index (χ3v) is 2.73. The van der Waals surface area contributed by atoms with Crippen LogP contribution in [0.1, 0.15) is 63.4 Å². The van der Waals surface area contributed by atoms with Gasteiger partial charge in [-0.15, -0.1) is 5.10 Å². The van der Waals surface area contributed by atoms with Gasteiger partial charge in [-0.2, -0.15) is 0 Å². The first kappa shape index (κ1) is 15.6. The average Bonchev–Trinajstić information content (AvgIpc) is 2.73. The molecule has 6 heteroatoms. The third-order valence-electron chi connectivity index (χ3n) is 2.73. The molecule has 0 bridgehead atoms. The van der Waals surface area contributed by atoms with Crippen molar-refractivity contribution in [3.8, 4) is 0 Å². The number of nitrogens with zero attached hydrogens (tertiary/aromatic N) is 2. The Hall–Kier alpha value is -1.43. The Labute approximate surface area is 114 Å². The Morgan fingerprint density at radius 2 is 2.05 bits per heavy atom. The fourth-order valence-corrected chi connectivity index (χ4v) is 1.94. The highest BCUT2D eigenvalue weighted by Gasteiger charge is 2.24. The Morgan fingerprint density at radius 1 is 1.42 bits per heavy atom. The number of aromatic amines is 1. The number of amides is 1. The Balaban J connectivity index is 2.55. The SMILES string of the molecule is CC(C)CC(C)(O)CNC(=O)c1n[nH]c(C(C)C)n1. The van der Waals surface area contributed by atoms with Gasteiger partial charge in [-0.3, -0.25) is 9.89 Å². The molecule has 1 aromatic heterocycles. The summed E-state index contributed by atoms with van der Waals surface area (Å²) in [5.74, 6) is 0.983. The van der Waals surface area contributed by atoms with E-state index in [4.69, 9.17) is 0 Å². The van der Waals surface area contributed by atoms with Crippen LogP contribution in [0.5, 0.6) is 0 Å². The van der Waals surface area contributed by atoms with E-state index < -0.39 is 5.60 Å². The first-order chi connectivity index (χ1) is 8.71. The van der Waals surface area contributed by atoms with Crippen molar-refractivity contribution in [2.45, 2.75) is 52.6 Å². The summed E-state index contributed by atoms with van der Waals surface area (Å²) in [5, 5.41) is 19.4. The van der Waals surface area contributed by atoms with Crippen LogP contribution in [0, 0.1) is 5.92 Å². The van der Waals surface area contributed by atoms with E-state index in [1.807, 2.05) is 27.7 Å². The Bertz CT molecular complexity index is 424. The maximum Gasteiger partial charge on any atom is 0.291 e. The largest absolute Gasteiger partial charge is 0.388 e. The minimum atomic E-state index is -0.916. The zero-order valence-electron chi connectivity index (χ0n) is 12.3. The van der Waals surface area contributed by atoms with E-state index in [0.29, 0.717) is 18.2 Å². The van der Waals surface area contributed by atoms with Gasteiger partial charge in [0.2, 0.25) is 5.82 Å². The summed E-state index contributed by atoms with van der Waals surface area (Å²) < 4.78 is 0. The summed E-state index contributed by atoms with van der Waals surface area (Å²) in [5.41, 5.74) is -0.916. The van der Waals surface area contributed by atoms with Gasteiger partial charge in [-0.05, 0) is 19.3 Å². The summed E-state index contributed by atoms with van der Waals surface area (Å²) in [4.78, 5) is 16.0. The molecule has 3 N–H and O–H groups in total. The second-order valence-electron chi connectivity index (χ2n) is 5.98. The van der Waals surface area contributed by atoms with Crippen LogP contribution in [0.25, 0.3) is 0 Å².